The number of carbonyl (C=O) groups excluding carboxylic acids is 1. The number of methoxy groups -OCH3 is 1. The SMILES string of the molecule is CCCCN1C(=O)Cc2ccccc2C(Br)=C1c1ccc(OC)cc1. The van der Waals surface area contributed by atoms with Crippen molar-refractivity contribution in [3.05, 3.63) is 65.2 Å². The summed E-state index contributed by atoms with van der Waals surface area (Å²) in [5.74, 6) is 0.946. The Balaban J connectivity index is 2.16. The molecule has 25 heavy (non-hydrogen) atoms. The van der Waals surface area contributed by atoms with E-state index in [9.17, 15) is 4.79 Å². The zero-order valence-electron chi connectivity index (χ0n) is 14.6. The minimum Gasteiger partial charge on any atom is -0.497 e. The normalized spacial score (nSPS) is 14.4. The van der Waals surface area contributed by atoms with Crippen LogP contribution in [-0.4, -0.2) is 24.5 Å². The van der Waals surface area contributed by atoms with Crippen molar-refractivity contribution in [2.45, 2.75) is 26.2 Å². The molecule has 2 aromatic carbocycles. The number of fused-ring (bicyclic) bond motifs is 1. The molecule has 0 saturated heterocycles. The molecule has 0 aromatic heterocycles. The highest BCUT2D eigenvalue weighted by molar-refractivity contribution is 9.15. The minimum absolute atomic E-state index is 0.140. The Morgan fingerprint density at radius 2 is 1.84 bits per heavy atom. The van der Waals surface area contributed by atoms with Crippen LogP contribution >= 0.6 is 15.9 Å². The Hall–Kier alpha value is -2.07. The first-order valence-electron chi connectivity index (χ1n) is 8.58. The van der Waals surface area contributed by atoms with Crippen LogP contribution in [0.15, 0.2) is 48.5 Å². The number of unbranched alkanes of at least 4 members (excludes halogenated alkanes) is 1. The van der Waals surface area contributed by atoms with Crippen LogP contribution in [0.1, 0.15) is 36.5 Å². The lowest BCUT2D eigenvalue weighted by Gasteiger charge is -2.25. The molecule has 0 unspecified atom stereocenters. The number of amides is 1. The number of rotatable bonds is 5. The first kappa shape index (κ1) is 17.7. The van der Waals surface area contributed by atoms with Crippen LogP contribution in [-0.2, 0) is 11.2 Å². The van der Waals surface area contributed by atoms with Gasteiger partial charge in [-0.15, -0.1) is 0 Å². The predicted molar refractivity (Wildman–Crippen MR) is 106 cm³/mol. The van der Waals surface area contributed by atoms with Gasteiger partial charge in [-0.3, -0.25) is 4.79 Å². The molecular weight excluding hydrogens is 378 g/mol. The second-order valence-electron chi connectivity index (χ2n) is 6.12. The van der Waals surface area contributed by atoms with Gasteiger partial charge >= 0.3 is 0 Å². The van der Waals surface area contributed by atoms with Gasteiger partial charge in [0.05, 0.1) is 19.2 Å². The lowest BCUT2D eigenvalue weighted by atomic mass is 10.0. The fraction of sp³-hybridized carbons (Fsp3) is 0.286. The zero-order chi connectivity index (χ0) is 17.8. The van der Waals surface area contributed by atoms with Crippen LogP contribution < -0.4 is 4.74 Å². The summed E-state index contributed by atoms with van der Waals surface area (Å²) in [6.45, 7) is 2.86. The lowest BCUT2D eigenvalue weighted by molar-refractivity contribution is -0.127. The van der Waals surface area contributed by atoms with Crippen LogP contribution in [0.5, 0.6) is 5.75 Å². The molecule has 0 atom stereocenters. The van der Waals surface area contributed by atoms with Crippen molar-refractivity contribution in [3.8, 4) is 5.75 Å². The summed E-state index contributed by atoms with van der Waals surface area (Å²) >= 11 is 3.79. The molecule has 1 heterocycles. The minimum atomic E-state index is 0.140. The standard InChI is InChI=1S/C21H22BrNO2/c1-3-4-13-23-19(24)14-16-7-5-6-8-18(16)20(22)21(23)15-9-11-17(25-2)12-10-15/h5-12H,3-4,13-14H2,1-2H3. The second kappa shape index (κ2) is 7.87. The van der Waals surface area contributed by atoms with Crippen LogP contribution in [0, 0.1) is 0 Å². The van der Waals surface area contributed by atoms with Crippen molar-refractivity contribution in [1.82, 2.24) is 4.90 Å². The smallest absolute Gasteiger partial charge is 0.231 e. The average molecular weight is 400 g/mol. The highest BCUT2D eigenvalue weighted by Gasteiger charge is 2.27. The van der Waals surface area contributed by atoms with Gasteiger partial charge in [-0.25, -0.2) is 0 Å². The first-order chi connectivity index (χ1) is 12.2. The first-order valence-corrected chi connectivity index (χ1v) is 9.37. The maximum Gasteiger partial charge on any atom is 0.231 e. The Bertz CT molecular complexity index is 796. The number of nitrogens with zero attached hydrogens (tertiary/aromatic N) is 1. The molecule has 1 amide bonds. The summed E-state index contributed by atoms with van der Waals surface area (Å²) in [5, 5.41) is 0. The van der Waals surface area contributed by atoms with Crippen LogP contribution in [0.25, 0.3) is 10.2 Å². The molecule has 0 saturated carbocycles. The Morgan fingerprint density at radius 3 is 2.52 bits per heavy atom. The van der Waals surface area contributed by atoms with Gasteiger partial charge in [0.25, 0.3) is 0 Å². The van der Waals surface area contributed by atoms with E-state index in [1.54, 1.807) is 7.11 Å². The molecule has 1 aliphatic rings. The molecule has 4 heteroatoms. The van der Waals surface area contributed by atoms with Gasteiger partial charge in [-0.05, 0) is 63.3 Å². The molecule has 0 N–H and O–H groups in total. The van der Waals surface area contributed by atoms with Gasteiger partial charge in [0.1, 0.15) is 5.75 Å². The molecule has 0 radical (unpaired) electrons. The zero-order valence-corrected chi connectivity index (χ0v) is 16.2. The third-order valence-corrected chi connectivity index (χ3v) is 5.28. The molecular formula is C21H22BrNO2. The van der Waals surface area contributed by atoms with Crippen molar-refractivity contribution in [2.75, 3.05) is 13.7 Å². The average Bonchev–Trinajstić information content (AvgIpc) is 2.75. The Morgan fingerprint density at radius 1 is 1.12 bits per heavy atom. The largest absolute Gasteiger partial charge is 0.497 e. The Labute approximate surface area is 157 Å². The fourth-order valence-electron chi connectivity index (χ4n) is 3.10. The molecule has 0 spiro atoms. The third-order valence-electron chi connectivity index (χ3n) is 4.47. The topological polar surface area (TPSA) is 29.5 Å². The van der Waals surface area contributed by atoms with E-state index in [2.05, 4.69) is 28.9 Å². The van der Waals surface area contributed by atoms with Crippen molar-refractivity contribution < 1.29 is 9.53 Å². The lowest BCUT2D eigenvalue weighted by Crippen LogP contribution is -2.31. The maximum atomic E-state index is 13.0. The summed E-state index contributed by atoms with van der Waals surface area (Å²) < 4.78 is 6.24. The molecule has 130 valence electrons. The number of carbonyl (C=O) groups is 1. The molecule has 2 aromatic rings. The van der Waals surface area contributed by atoms with E-state index >= 15 is 0 Å². The monoisotopic (exact) mass is 399 g/mol. The van der Waals surface area contributed by atoms with Crippen LogP contribution in [0.2, 0.25) is 0 Å². The number of halogens is 1. The quantitative estimate of drug-likeness (QED) is 0.699. The van der Waals surface area contributed by atoms with E-state index < -0.39 is 0 Å². The molecule has 0 aliphatic carbocycles. The molecule has 3 rings (SSSR count). The summed E-state index contributed by atoms with van der Waals surface area (Å²) in [6.07, 6.45) is 2.45. The van der Waals surface area contributed by atoms with E-state index in [1.807, 2.05) is 47.4 Å². The number of benzene rings is 2. The fourth-order valence-corrected chi connectivity index (χ4v) is 3.93. The highest BCUT2D eigenvalue weighted by atomic mass is 79.9. The van der Waals surface area contributed by atoms with E-state index in [1.165, 1.54) is 0 Å². The van der Waals surface area contributed by atoms with E-state index in [4.69, 9.17) is 4.74 Å². The third kappa shape index (κ3) is 3.64. The van der Waals surface area contributed by atoms with Crippen LogP contribution in [0.4, 0.5) is 0 Å². The van der Waals surface area contributed by atoms with E-state index in [0.717, 1.165) is 52.0 Å². The van der Waals surface area contributed by atoms with E-state index in [0.29, 0.717) is 6.42 Å². The van der Waals surface area contributed by atoms with Gasteiger partial charge in [-0.1, -0.05) is 37.6 Å². The highest BCUT2D eigenvalue weighted by Crippen LogP contribution is 2.39. The van der Waals surface area contributed by atoms with Crippen molar-refractivity contribution in [1.29, 1.82) is 0 Å². The number of ether oxygens (including phenoxy) is 1. The van der Waals surface area contributed by atoms with Gasteiger partial charge in [0, 0.05) is 11.0 Å². The molecule has 0 bridgehead atoms. The van der Waals surface area contributed by atoms with Crippen molar-refractivity contribution in [2.24, 2.45) is 0 Å². The summed E-state index contributed by atoms with van der Waals surface area (Å²) in [5.41, 5.74) is 4.09. The predicted octanol–water partition coefficient (Wildman–Crippen LogP) is 5.10. The molecule has 1 aliphatic heterocycles. The van der Waals surface area contributed by atoms with Crippen molar-refractivity contribution >= 4 is 32.0 Å². The van der Waals surface area contributed by atoms with Gasteiger partial charge in [-0.2, -0.15) is 0 Å². The number of hydrogen-bond acceptors (Lipinski definition) is 2. The second-order valence-corrected chi connectivity index (χ2v) is 6.92. The maximum absolute atomic E-state index is 13.0. The van der Waals surface area contributed by atoms with Crippen LogP contribution in [0.3, 0.4) is 0 Å². The van der Waals surface area contributed by atoms with Gasteiger partial charge in [0.2, 0.25) is 5.91 Å². The van der Waals surface area contributed by atoms with Gasteiger partial charge < -0.3 is 9.64 Å². The van der Waals surface area contributed by atoms with Crippen molar-refractivity contribution in [3.63, 3.8) is 0 Å². The summed E-state index contributed by atoms with van der Waals surface area (Å²) in [6, 6.07) is 16.0. The number of hydrogen-bond donors (Lipinski definition) is 0. The molecule has 3 nitrogen and oxygen atoms in total. The van der Waals surface area contributed by atoms with Gasteiger partial charge in [0.15, 0.2) is 0 Å². The molecule has 0 fully saturated rings. The Kier molecular flexibility index (Phi) is 5.59. The summed E-state index contributed by atoms with van der Waals surface area (Å²) in [4.78, 5) is 14.9. The van der Waals surface area contributed by atoms with E-state index in [-0.39, 0.29) is 5.91 Å². The summed E-state index contributed by atoms with van der Waals surface area (Å²) in [7, 11) is 1.66.